The molecule has 29 heavy (non-hydrogen) atoms. The van der Waals surface area contributed by atoms with E-state index >= 15 is 0 Å². The smallest absolute Gasteiger partial charge is 0.264 e. The second-order valence-corrected chi connectivity index (χ2v) is 8.67. The summed E-state index contributed by atoms with van der Waals surface area (Å²) in [6, 6.07) is 15.6. The van der Waals surface area contributed by atoms with Crippen molar-refractivity contribution < 1.29 is 23.1 Å². The van der Waals surface area contributed by atoms with Gasteiger partial charge in [0.15, 0.2) is 0 Å². The molecule has 2 N–H and O–H groups in total. The maximum atomic E-state index is 13.0. The predicted molar refractivity (Wildman–Crippen MR) is 109 cm³/mol. The van der Waals surface area contributed by atoms with E-state index in [2.05, 4.69) is 4.72 Å². The largest absolute Gasteiger partial charge is 0.496 e. The molecule has 0 aromatic heterocycles. The number of ether oxygens (including phenoxy) is 1. The average molecular weight is 411 g/mol. The Morgan fingerprint density at radius 1 is 1.14 bits per heavy atom. The number of benzene rings is 3. The van der Waals surface area contributed by atoms with Crippen LogP contribution in [0.3, 0.4) is 0 Å². The highest BCUT2D eigenvalue weighted by molar-refractivity contribution is 7.90. The Hall–Kier alpha value is -2.90. The molecule has 0 radical (unpaired) electrons. The average Bonchev–Trinajstić information content (AvgIpc) is 3.18. The molecule has 1 aliphatic carbocycles. The number of nitrogens with one attached hydrogen (secondary N) is 1. The van der Waals surface area contributed by atoms with Crippen LogP contribution in [-0.2, 0) is 27.8 Å². The number of hydrogen-bond acceptors (Lipinski definition) is 5. The van der Waals surface area contributed by atoms with E-state index in [0.29, 0.717) is 29.5 Å². The van der Waals surface area contributed by atoms with Crippen LogP contribution >= 0.6 is 0 Å². The van der Waals surface area contributed by atoms with Gasteiger partial charge in [-0.2, -0.15) is 0 Å². The zero-order valence-electron chi connectivity index (χ0n) is 15.9. The Labute approximate surface area is 169 Å². The zero-order chi connectivity index (χ0) is 20.6. The van der Waals surface area contributed by atoms with Gasteiger partial charge < -0.3 is 9.84 Å². The third-order valence-corrected chi connectivity index (χ3v) is 6.83. The third-order valence-electron chi connectivity index (χ3n) is 5.43. The lowest BCUT2D eigenvalue weighted by Gasteiger charge is -2.17. The fourth-order valence-electron chi connectivity index (χ4n) is 4.08. The monoisotopic (exact) mass is 411 g/mol. The van der Waals surface area contributed by atoms with Gasteiger partial charge in [0.1, 0.15) is 5.75 Å². The first-order chi connectivity index (χ1) is 14.0. The Morgan fingerprint density at radius 2 is 1.90 bits per heavy atom. The SMILES string of the molecule is COc1ccc(CO)c2c1C(C(=O)NS(=O)(=O)c1cccc3ccccc13)CC2. The van der Waals surface area contributed by atoms with E-state index in [9.17, 15) is 18.3 Å². The number of aliphatic hydroxyl groups is 1. The molecule has 0 saturated carbocycles. The first-order valence-electron chi connectivity index (χ1n) is 9.30. The minimum atomic E-state index is -4.05. The van der Waals surface area contributed by atoms with Crippen molar-refractivity contribution in [3.05, 3.63) is 71.3 Å². The quantitative estimate of drug-likeness (QED) is 0.674. The molecule has 4 rings (SSSR count). The normalized spacial score (nSPS) is 15.9. The molecule has 6 nitrogen and oxygen atoms in total. The molecule has 0 heterocycles. The summed E-state index contributed by atoms with van der Waals surface area (Å²) in [5.74, 6) is -0.723. The van der Waals surface area contributed by atoms with Gasteiger partial charge in [-0.25, -0.2) is 13.1 Å². The van der Waals surface area contributed by atoms with Gasteiger partial charge in [0.05, 0.1) is 24.5 Å². The van der Waals surface area contributed by atoms with Crippen molar-refractivity contribution in [2.75, 3.05) is 7.11 Å². The van der Waals surface area contributed by atoms with Crippen LogP contribution in [0.5, 0.6) is 5.75 Å². The van der Waals surface area contributed by atoms with Gasteiger partial charge in [-0.05, 0) is 41.5 Å². The van der Waals surface area contributed by atoms with Crippen molar-refractivity contribution in [2.45, 2.75) is 30.3 Å². The van der Waals surface area contributed by atoms with Gasteiger partial charge in [0, 0.05) is 10.9 Å². The van der Waals surface area contributed by atoms with Crippen LogP contribution in [0.4, 0.5) is 0 Å². The second kappa shape index (κ2) is 7.50. The third kappa shape index (κ3) is 3.36. The molecule has 1 amide bonds. The first-order valence-corrected chi connectivity index (χ1v) is 10.8. The highest BCUT2D eigenvalue weighted by Crippen LogP contribution is 2.41. The number of sulfonamides is 1. The van der Waals surface area contributed by atoms with Crippen LogP contribution in [0.15, 0.2) is 59.5 Å². The first kappa shape index (κ1) is 19.4. The molecule has 0 bridgehead atoms. The summed E-state index contributed by atoms with van der Waals surface area (Å²) in [7, 11) is -2.54. The number of amides is 1. The molecule has 7 heteroatoms. The molecular formula is C22H21NO5S. The van der Waals surface area contributed by atoms with Gasteiger partial charge in [0.2, 0.25) is 5.91 Å². The van der Waals surface area contributed by atoms with Crippen molar-refractivity contribution in [1.29, 1.82) is 0 Å². The van der Waals surface area contributed by atoms with Crippen LogP contribution in [-0.4, -0.2) is 26.5 Å². The van der Waals surface area contributed by atoms with E-state index in [4.69, 9.17) is 4.74 Å². The lowest BCUT2D eigenvalue weighted by atomic mass is 9.97. The van der Waals surface area contributed by atoms with Gasteiger partial charge >= 0.3 is 0 Å². The predicted octanol–water partition coefficient (Wildman–Crippen LogP) is 2.88. The van der Waals surface area contributed by atoms with Crippen molar-refractivity contribution in [2.24, 2.45) is 0 Å². The summed E-state index contributed by atoms with van der Waals surface area (Å²) in [5.41, 5.74) is 2.24. The highest BCUT2D eigenvalue weighted by atomic mass is 32.2. The lowest BCUT2D eigenvalue weighted by molar-refractivity contribution is -0.120. The lowest BCUT2D eigenvalue weighted by Crippen LogP contribution is -2.34. The molecule has 0 fully saturated rings. The van der Waals surface area contributed by atoms with Crippen LogP contribution < -0.4 is 9.46 Å². The van der Waals surface area contributed by atoms with Crippen molar-refractivity contribution in [3.8, 4) is 5.75 Å². The summed E-state index contributed by atoms with van der Waals surface area (Å²) in [6.07, 6.45) is 1.04. The highest BCUT2D eigenvalue weighted by Gasteiger charge is 2.35. The Kier molecular flexibility index (Phi) is 5.02. The number of carbonyl (C=O) groups is 1. The van der Waals surface area contributed by atoms with Crippen LogP contribution in [0.25, 0.3) is 10.8 Å². The van der Waals surface area contributed by atoms with Gasteiger partial charge in [0.25, 0.3) is 10.0 Å². The summed E-state index contributed by atoms with van der Waals surface area (Å²) in [6.45, 7) is -0.144. The minimum Gasteiger partial charge on any atom is -0.496 e. The van der Waals surface area contributed by atoms with E-state index in [-0.39, 0.29) is 11.5 Å². The molecule has 0 saturated heterocycles. The van der Waals surface area contributed by atoms with E-state index in [1.807, 2.05) is 18.2 Å². The van der Waals surface area contributed by atoms with Crippen LogP contribution in [0.2, 0.25) is 0 Å². The molecule has 1 atom stereocenters. The van der Waals surface area contributed by atoms with Gasteiger partial charge in [-0.15, -0.1) is 0 Å². The van der Waals surface area contributed by atoms with Crippen molar-refractivity contribution >= 4 is 26.7 Å². The van der Waals surface area contributed by atoms with Gasteiger partial charge in [-0.1, -0.05) is 42.5 Å². The molecule has 3 aromatic rings. The second-order valence-electron chi connectivity index (χ2n) is 7.02. The Morgan fingerprint density at radius 3 is 2.66 bits per heavy atom. The molecule has 3 aromatic carbocycles. The van der Waals surface area contributed by atoms with Crippen LogP contribution in [0, 0.1) is 0 Å². The minimum absolute atomic E-state index is 0.0678. The fraction of sp³-hybridized carbons (Fsp3) is 0.227. The Bertz CT molecular complexity index is 1200. The number of methoxy groups -OCH3 is 1. The van der Waals surface area contributed by atoms with E-state index in [1.54, 1.807) is 30.3 Å². The number of fused-ring (bicyclic) bond motifs is 2. The van der Waals surface area contributed by atoms with Crippen LogP contribution in [0.1, 0.15) is 29.0 Å². The summed E-state index contributed by atoms with van der Waals surface area (Å²) < 4.78 is 33.6. The molecule has 1 aliphatic rings. The maximum Gasteiger partial charge on any atom is 0.264 e. The summed E-state index contributed by atoms with van der Waals surface area (Å²) in [4.78, 5) is 13.1. The molecule has 150 valence electrons. The van der Waals surface area contributed by atoms with Gasteiger partial charge in [-0.3, -0.25) is 4.79 Å². The van der Waals surface area contributed by atoms with E-state index in [0.717, 1.165) is 16.5 Å². The van der Waals surface area contributed by atoms with Crippen molar-refractivity contribution in [3.63, 3.8) is 0 Å². The number of rotatable bonds is 5. The molecular weight excluding hydrogens is 390 g/mol. The van der Waals surface area contributed by atoms with Crippen molar-refractivity contribution in [1.82, 2.24) is 4.72 Å². The fourth-order valence-corrected chi connectivity index (χ4v) is 5.33. The zero-order valence-corrected chi connectivity index (χ0v) is 16.7. The molecule has 0 spiro atoms. The topological polar surface area (TPSA) is 92.7 Å². The maximum absolute atomic E-state index is 13.0. The molecule has 0 aliphatic heterocycles. The van der Waals surface area contributed by atoms with E-state index < -0.39 is 21.8 Å². The summed E-state index contributed by atoms with van der Waals surface area (Å²) >= 11 is 0. The summed E-state index contributed by atoms with van der Waals surface area (Å²) in [5, 5.41) is 10.9. The number of carbonyl (C=O) groups excluding carboxylic acids is 1. The van der Waals surface area contributed by atoms with E-state index in [1.165, 1.54) is 13.2 Å². The number of hydrogen-bond donors (Lipinski definition) is 2. The Balaban J connectivity index is 1.70. The standard InChI is InChI=1S/C22H21NO5S/c1-28-19-12-9-15(13-24)17-10-11-18(21(17)19)22(25)23-29(26,27)20-8-4-6-14-5-2-3-7-16(14)20/h2-9,12,18,24H,10-11,13H2,1H3,(H,23,25). The number of aliphatic hydroxyl groups excluding tert-OH is 1. The molecule has 1 unspecified atom stereocenters.